The first kappa shape index (κ1) is 15.7. The van der Waals surface area contributed by atoms with Crippen LogP contribution in [0.4, 0.5) is 27.8 Å². The third-order valence-electron chi connectivity index (χ3n) is 3.35. The molecule has 1 N–H and O–H groups in total. The van der Waals surface area contributed by atoms with E-state index in [9.17, 15) is 26.7 Å². The standard InChI is InChI=1S/C12H13F5N2O2/c13-11(14,12(15,16)17)10-18-6-8(21-10)19-9(20)7-4-2-1-3-5-7/h6-7H,1-5H2,(H,19,20). The number of rotatable bonds is 3. The van der Waals surface area contributed by atoms with Gasteiger partial charge < -0.3 is 4.42 Å². The van der Waals surface area contributed by atoms with Crippen molar-refractivity contribution in [2.75, 3.05) is 5.32 Å². The smallest absolute Gasteiger partial charge is 0.418 e. The van der Waals surface area contributed by atoms with Crippen molar-refractivity contribution in [3.05, 3.63) is 12.1 Å². The molecule has 1 amide bonds. The van der Waals surface area contributed by atoms with E-state index in [2.05, 4.69) is 14.7 Å². The van der Waals surface area contributed by atoms with Crippen LogP contribution in [0.15, 0.2) is 10.6 Å². The van der Waals surface area contributed by atoms with Crippen molar-refractivity contribution in [2.24, 2.45) is 5.92 Å². The van der Waals surface area contributed by atoms with Crippen molar-refractivity contribution >= 4 is 11.8 Å². The molecule has 118 valence electrons. The van der Waals surface area contributed by atoms with Gasteiger partial charge in [0.2, 0.25) is 11.8 Å². The van der Waals surface area contributed by atoms with Crippen molar-refractivity contribution in [3.8, 4) is 0 Å². The Morgan fingerprint density at radius 3 is 2.38 bits per heavy atom. The summed E-state index contributed by atoms with van der Waals surface area (Å²) in [5, 5.41) is 2.19. The lowest BCUT2D eigenvalue weighted by molar-refractivity contribution is -0.297. The third-order valence-corrected chi connectivity index (χ3v) is 3.35. The van der Waals surface area contributed by atoms with E-state index < -0.39 is 29.8 Å². The minimum Gasteiger partial charge on any atom is -0.418 e. The molecule has 1 aromatic heterocycles. The monoisotopic (exact) mass is 312 g/mol. The van der Waals surface area contributed by atoms with E-state index in [0.717, 1.165) is 19.3 Å². The molecule has 0 aromatic carbocycles. The van der Waals surface area contributed by atoms with Crippen molar-refractivity contribution in [1.29, 1.82) is 0 Å². The van der Waals surface area contributed by atoms with Crippen LogP contribution in [0.5, 0.6) is 0 Å². The van der Waals surface area contributed by atoms with Gasteiger partial charge in [0.25, 0.3) is 5.89 Å². The second-order valence-electron chi connectivity index (χ2n) is 4.93. The largest absolute Gasteiger partial charge is 0.463 e. The van der Waals surface area contributed by atoms with Gasteiger partial charge in [-0.25, -0.2) is 4.98 Å². The molecule has 1 fully saturated rings. The highest BCUT2D eigenvalue weighted by atomic mass is 19.4. The molecule has 0 atom stereocenters. The van der Waals surface area contributed by atoms with Crippen LogP contribution < -0.4 is 5.32 Å². The topological polar surface area (TPSA) is 55.1 Å². The SMILES string of the molecule is O=C(Nc1cnc(C(F)(F)C(F)(F)F)o1)C1CCCCC1. The Balaban J connectivity index is 2.05. The van der Waals surface area contributed by atoms with Crippen LogP contribution in [0.3, 0.4) is 0 Å². The first-order chi connectivity index (χ1) is 9.72. The average molecular weight is 312 g/mol. The molecule has 1 saturated carbocycles. The maximum atomic E-state index is 13.0. The molecular formula is C12H13F5N2O2. The molecule has 0 unspecified atom stereocenters. The van der Waals surface area contributed by atoms with Crippen LogP contribution in [0.1, 0.15) is 38.0 Å². The number of nitrogens with one attached hydrogen (secondary N) is 1. The van der Waals surface area contributed by atoms with Crippen LogP contribution in [-0.2, 0) is 10.7 Å². The highest BCUT2D eigenvalue weighted by Crippen LogP contribution is 2.43. The second kappa shape index (κ2) is 5.61. The van der Waals surface area contributed by atoms with Gasteiger partial charge in [-0.05, 0) is 12.8 Å². The number of hydrogen-bond acceptors (Lipinski definition) is 3. The van der Waals surface area contributed by atoms with Gasteiger partial charge in [-0.3, -0.25) is 10.1 Å². The van der Waals surface area contributed by atoms with E-state index in [-0.39, 0.29) is 5.92 Å². The van der Waals surface area contributed by atoms with Gasteiger partial charge in [0.05, 0.1) is 6.20 Å². The predicted molar refractivity (Wildman–Crippen MR) is 61.7 cm³/mol. The van der Waals surface area contributed by atoms with E-state index in [1.54, 1.807) is 0 Å². The van der Waals surface area contributed by atoms with Crippen molar-refractivity contribution in [2.45, 2.75) is 44.2 Å². The number of carbonyl (C=O) groups excluding carboxylic acids is 1. The number of oxazole rings is 1. The van der Waals surface area contributed by atoms with Crippen LogP contribution in [0.25, 0.3) is 0 Å². The Labute approximate surface area is 116 Å². The van der Waals surface area contributed by atoms with E-state index in [1.165, 1.54) is 0 Å². The summed E-state index contributed by atoms with van der Waals surface area (Å²) in [7, 11) is 0. The lowest BCUT2D eigenvalue weighted by atomic mass is 9.89. The summed E-state index contributed by atoms with van der Waals surface area (Å²) >= 11 is 0. The van der Waals surface area contributed by atoms with Crippen LogP contribution >= 0.6 is 0 Å². The fourth-order valence-electron chi connectivity index (χ4n) is 2.19. The van der Waals surface area contributed by atoms with E-state index >= 15 is 0 Å². The summed E-state index contributed by atoms with van der Waals surface area (Å²) < 4.78 is 66.7. The first-order valence-electron chi connectivity index (χ1n) is 6.43. The Bertz CT molecular complexity index is 506. The molecule has 21 heavy (non-hydrogen) atoms. The number of halogens is 5. The number of amides is 1. The molecule has 1 aliphatic rings. The molecule has 0 bridgehead atoms. The van der Waals surface area contributed by atoms with Gasteiger partial charge in [-0.15, -0.1) is 0 Å². The van der Waals surface area contributed by atoms with Gasteiger partial charge in [0, 0.05) is 5.92 Å². The molecule has 0 radical (unpaired) electrons. The number of aromatic nitrogens is 1. The molecule has 2 rings (SSSR count). The highest BCUT2D eigenvalue weighted by Gasteiger charge is 2.62. The average Bonchev–Trinajstić information content (AvgIpc) is 2.87. The third kappa shape index (κ3) is 3.33. The highest BCUT2D eigenvalue weighted by molar-refractivity contribution is 5.91. The number of carbonyl (C=O) groups is 1. The number of anilines is 1. The zero-order chi connectivity index (χ0) is 15.7. The molecule has 9 heteroatoms. The Morgan fingerprint density at radius 1 is 1.19 bits per heavy atom. The maximum absolute atomic E-state index is 13.0. The lowest BCUT2D eigenvalue weighted by Crippen LogP contribution is -2.33. The first-order valence-corrected chi connectivity index (χ1v) is 6.43. The zero-order valence-corrected chi connectivity index (χ0v) is 10.8. The quantitative estimate of drug-likeness (QED) is 0.863. The fraction of sp³-hybridized carbons (Fsp3) is 0.667. The van der Waals surface area contributed by atoms with Gasteiger partial charge >= 0.3 is 12.1 Å². The molecule has 1 aliphatic carbocycles. The molecule has 0 aliphatic heterocycles. The predicted octanol–water partition coefficient (Wildman–Crippen LogP) is 3.85. The summed E-state index contributed by atoms with van der Waals surface area (Å²) in [6.45, 7) is 0. The van der Waals surface area contributed by atoms with Gasteiger partial charge in [0.15, 0.2) is 0 Å². The summed E-state index contributed by atoms with van der Waals surface area (Å²) in [6, 6.07) is 0. The number of alkyl halides is 5. The Morgan fingerprint density at radius 2 is 1.81 bits per heavy atom. The molecule has 0 saturated heterocycles. The van der Waals surface area contributed by atoms with E-state index in [4.69, 9.17) is 0 Å². The number of hydrogen-bond donors (Lipinski definition) is 1. The molecule has 1 heterocycles. The normalized spacial score (nSPS) is 17.8. The minimum absolute atomic E-state index is 0.282. The summed E-state index contributed by atoms with van der Waals surface area (Å²) in [4.78, 5) is 14.7. The van der Waals surface area contributed by atoms with E-state index in [0.29, 0.717) is 19.0 Å². The van der Waals surface area contributed by atoms with E-state index in [1.807, 2.05) is 0 Å². The van der Waals surface area contributed by atoms with Gasteiger partial charge in [-0.2, -0.15) is 22.0 Å². The van der Waals surface area contributed by atoms with Crippen LogP contribution in [0, 0.1) is 5.92 Å². The summed E-state index contributed by atoms with van der Waals surface area (Å²) in [5.74, 6) is -8.22. The zero-order valence-electron chi connectivity index (χ0n) is 10.8. The fourth-order valence-corrected chi connectivity index (χ4v) is 2.19. The number of nitrogens with zero attached hydrogens (tertiary/aromatic N) is 1. The second-order valence-corrected chi connectivity index (χ2v) is 4.93. The lowest BCUT2D eigenvalue weighted by Gasteiger charge is -2.19. The minimum atomic E-state index is -5.80. The van der Waals surface area contributed by atoms with Crippen LogP contribution in [0.2, 0.25) is 0 Å². The van der Waals surface area contributed by atoms with Gasteiger partial charge in [-0.1, -0.05) is 19.3 Å². The van der Waals surface area contributed by atoms with Crippen molar-refractivity contribution in [3.63, 3.8) is 0 Å². The Kier molecular flexibility index (Phi) is 4.20. The summed E-state index contributed by atoms with van der Waals surface area (Å²) in [6.07, 6.45) is -1.05. The van der Waals surface area contributed by atoms with Gasteiger partial charge in [0.1, 0.15) is 0 Å². The van der Waals surface area contributed by atoms with Crippen molar-refractivity contribution in [1.82, 2.24) is 4.98 Å². The Hall–Kier alpha value is -1.67. The maximum Gasteiger partial charge on any atom is 0.463 e. The summed E-state index contributed by atoms with van der Waals surface area (Å²) in [5.41, 5.74) is 0. The van der Waals surface area contributed by atoms with Crippen LogP contribution in [-0.4, -0.2) is 17.1 Å². The van der Waals surface area contributed by atoms with Crippen molar-refractivity contribution < 1.29 is 31.2 Å². The molecule has 1 aromatic rings. The molecular weight excluding hydrogens is 299 g/mol. The molecule has 4 nitrogen and oxygen atoms in total. The molecule has 0 spiro atoms.